The molecule has 0 aliphatic heterocycles. The van der Waals surface area contributed by atoms with E-state index in [0.717, 1.165) is 0 Å². The normalized spacial score (nSPS) is 9.19. The van der Waals surface area contributed by atoms with Crippen molar-refractivity contribution in [2.24, 2.45) is 0 Å². The smallest absolute Gasteiger partial charge is 0.354 e. The molecule has 1 aromatic rings. The molecule has 0 aliphatic rings. The molecule has 5 nitrogen and oxygen atoms in total. The Labute approximate surface area is 92.5 Å². The van der Waals surface area contributed by atoms with Crippen LogP contribution in [0.5, 0.6) is 0 Å². The lowest BCUT2D eigenvalue weighted by Gasteiger charge is -2.02. The Morgan fingerprint density at radius 2 is 2.25 bits per heavy atom. The van der Waals surface area contributed by atoms with E-state index < -0.39 is 5.97 Å². The molecule has 0 saturated heterocycles. The molecule has 0 aromatic carbocycles. The summed E-state index contributed by atoms with van der Waals surface area (Å²) >= 11 is 0. The predicted octanol–water partition coefficient (Wildman–Crippen LogP) is 0.533. The number of hydrogen-bond acceptors (Lipinski definition) is 3. The highest BCUT2D eigenvalue weighted by molar-refractivity contribution is 5.94. The van der Waals surface area contributed by atoms with Crippen LogP contribution in [0.2, 0.25) is 0 Å². The zero-order valence-corrected chi connectivity index (χ0v) is 8.43. The number of nitrogens with zero attached hydrogens (tertiary/aromatic N) is 1. The zero-order chi connectivity index (χ0) is 12.0. The van der Waals surface area contributed by atoms with E-state index in [0.29, 0.717) is 18.5 Å². The number of amides is 1. The van der Waals surface area contributed by atoms with Crippen molar-refractivity contribution < 1.29 is 14.7 Å². The summed E-state index contributed by atoms with van der Waals surface area (Å²) in [6, 6.07) is 2.68. The summed E-state index contributed by atoms with van der Waals surface area (Å²) in [5.74, 6) is 0.945. The van der Waals surface area contributed by atoms with Crippen LogP contribution in [0.4, 0.5) is 0 Å². The number of aromatic nitrogens is 1. The average molecular weight is 218 g/mol. The lowest BCUT2D eigenvalue weighted by molar-refractivity contribution is 0.0689. The first-order valence-corrected chi connectivity index (χ1v) is 4.56. The van der Waals surface area contributed by atoms with Crippen molar-refractivity contribution in [1.29, 1.82) is 0 Å². The fraction of sp³-hybridized carbons (Fsp3) is 0.182. The molecular formula is C11H10N2O3. The monoisotopic (exact) mass is 218 g/mol. The van der Waals surface area contributed by atoms with Gasteiger partial charge in [-0.15, -0.1) is 12.3 Å². The molecule has 16 heavy (non-hydrogen) atoms. The molecule has 0 unspecified atom stereocenters. The van der Waals surface area contributed by atoms with E-state index in [1.807, 2.05) is 0 Å². The van der Waals surface area contributed by atoms with Crippen LogP contribution in [0.1, 0.15) is 27.3 Å². The van der Waals surface area contributed by atoms with Gasteiger partial charge in [-0.1, -0.05) is 0 Å². The molecule has 1 amide bonds. The van der Waals surface area contributed by atoms with Crippen molar-refractivity contribution in [2.75, 3.05) is 6.54 Å². The van der Waals surface area contributed by atoms with E-state index in [-0.39, 0.29) is 11.6 Å². The Balaban J connectivity index is 2.64. The van der Waals surface area contributed by atoms with Crippen LogP contribution < -0.4 is 5.32 Å². The first-order valence-electron chi connectivity index (χ1n) is 4.56. The van der Waals surface area contributed by atoms with Crippen molar-refractivity contribution in [3.05, 3.63) is 29.6 Å². The number of nitrogens with one attached hydrogen (secondary N) is 1. The van der Waals surface area contributed by atoms with Crippen molar-refractivity contribution in [3.8, 4) is 12.3 Å². The topological polar surface area (TPSA) is 79.3 Å². The summed E-state index contributed by atoms with van der Waals surface area (Å²) in [6.45, 7) is 0.385. The van der Waals surface area contributed by atoms with Crippen LogP contribution in [0.15, 0.2) is 18.3 Å². The van der Waals surface area contributed by atoms with Gasteiger partial charge in [0, 0.05) is 19.2 Å². The highest BCUT2D eigenvalue weighted by atomic mass is 16.4. The number of carbonyl (C=O) groups excluding carboxylic acids is 1. The number of hydrogen-bond donors (Lipinski definition) is 2. The molecule has 1 aromatic heterocycles. The summed E-state index contributed by atoms with van der Waals surface area (Å²) in [7, 11) is 0. The summed E-state index contributed by atoms with van der Waals surface area (Å²) in [6.07, 6.45) is 6.70. The summed E-state index contributed by atoms with van der Waals surface area (Å²) in [5, 5.41) is 11.2. The van der Waals surface area contributed by atoms with Crippen LogP contribution >= 0.6 is 0 Å². The second kappa shape index (κ2) is 5.51. The molecule has 0 aliphatic carbocycles. The maximum Gasteiger partial charge on any atom is 0.354 e. The van der Waals surface area contributed by atoms with E-state index in [4.69, 9.17) is 11.5 Å². The first kappa shape index (κ1) is 11.7. The van der Waals surface area contributed by atoms with Crippen LogP contribution in [0.25, 0.3) is 0 Å². The summed E-state index contributed by atoms with van der Waals surface area (Å²) in [4.78, 5) is 25.6. The fourth-order valence-electron chi connectivity index (χ4n) is 1.00. The second-order valence-corrected chi connectivity index (χ2v) is 2.95. The highest BCUT2D eigenvalue weighted by Crippen LogP contribution is 2.00. The lowest BCUT2D eigenvalue weighted by Crippen LogP contribution is -2.24. The quantitative estimate of drug-likeness (QED) is 0.570. The molecule has 82 valence electrons. The second-order valence-electron chi connectivity index (χ2n) is 2.95. The minimum Gasteiger partial charge on any atom is -0.477 e. The SMILES string of the molecule is C#CCCNC(=O)c1ccc(C(=O)O)nc1. The zero-order valence-electron chi connectivity index (χ0n) is 8.43. The Morgan fingerprint density at radius 3 is 2.75 bits per heavy atom. The maximum absolute atomic E-state index is 11.4. The van der Waals surface area contributed by atoms with Gasteiger partial charge in [-0.25, -0.2) is 9.78 Å². The fourth-order valence-corrected chi connectivity index (χ4v) is 1.00. The number of carbonyl (C=O) groups is 2. The molecule has 0 spiro atoms. The van der Waals surface area contributed by atoms with Crippen molar-refractivity contribution in [1.82, 2.24) is 10.3 Å². The van der Waals surface area contributed by atoms with Gasteiger partial charge in [0.15, 0.2) is 0 Å². The number of carboxylic acid groups (broad SMARTS) is 1. The minimum atomic E-state index is -1.13. The summed E-state index contributed by atoms with van der Waals surface area (Å²) < 4.78 is 0. The van der Waals surface area contributed by atoms with Gasteiger partial charge < -0.3 is 10.4 Å². The molecule has 2 N–H and O–H groups in total. The third kappa shape index (κ3) is 3.10. The number of rotatable bonds is 4. The van der Waals surface area contributed by atoms with Crippen LogP contribution in [0.3, 0.4) is 0 Å². The van der Waals surface area contributed by atoms with Gasteiger partial charge in [0.25, 0.3) is 5.91 Å². The molecule has 0 bridgehead atoms. The van der Waals surface area contributed by atoms with Crippen molar-refractivity contribution in [2.45, 2.75) is 6.42 Å². The first-order chi connectivity index (χ1) is 7.65. The molecule has 0 radical (unpaired) electrons. The van der Waals surface area contributed by atoms with Gasteiger partial charge in [0.05, 0.1) is 5.56 Å². The highest BCUT2D eigenvalue weighted by Gasteiger charge is 2.07. The van der Waals surface area contributed by atoms with Crippen LogP contribution in [-0.2, 0) is 0 Å². The molecular weight excluding hydrogens is 208 g/mol. The van der Waals surface area contributed by atoms with E-state index in [2.05, 4.69) is 16.2 Å². The molecule has 5 heteroatoms. The number of aromatic carboxylic acids is 1. The van der Waals surface area contributed by atoms with E-state index in [1.54, 1.807) is 0 Å². The Kier molecular flexibility index (Phi) is 4.04. The summed E-state index contributed by atoms with van der Waals surface area (Å²) in [5.41, 5.74) is 0.210. The largest absolute Gasteiger partial charge is 0.477 e. The van der Waals surface area contributed by atoms with Gasteiger partial charge in [-0.3, -0.25) is 4.79 Å². The van der Waals surface area contributed by atoms with Crippen molar-refractivity contribution in [3.63, 3.8) is 0 Å². The van der Waals surface area contributed by atoms with E-state index >= 15 is 0 Å². The van der Waals surface area contributed by atoms with Gasteiger partial charge in [-0.2, -0.15) is 0 Å². The lowest BCUT2D eigenvalue weighted by atomic mass is 10.2. The Hall–Kier alpha value is -2.35. The van der Waals surface area contributed by atoms with Gasteiger partial charge in [-0.05, 0) is 12.1 Å². The number of carboxylic acids is 1. The van der Waals surface area contributed by atoms with Crippen molar-refractivity contribution >= 4 is 11.9 Å². The van der Waals surface area contributed by atoms with Crippen LogP contribution in [0, 0.1) is 12.3 Å². The molecule has 1 heterocycles. The Bertz CT molecular complexity index is 432. The maximum atomic E-state index is 11.4. The molecule has 0 atom stereocenters. The number of terminal acetylenes is 1. The Morgan fingerprint density at radius 1 is 1.50 bits per heavy atom. The molecule has 1 rings (SSSR count). The van der Waals surface area contributed by atoms with Gasteiger partial charge in [0.2, 0.25) is 0 Å². The predicted molar refractivity (Wildman–Crippen MR) is 57.0 cm³/mol. The molecule has 0 saturated carbocycles. The van der Waals surface area contributed by atoms with E-state index in [1.165, 1.54) is 18.3 Å². The van der Waals surface area contributed by atoms with Crippen LogP contribution in [-0.4, -0.2) is 28.5 Å². The third-order valence-electron chi connectivity index (χ3n) is 1.80. The standard InChI is InChI=1S/C11H10N2O3/c1-2-3-6-12-10(14)8-4-5-9(11(15)16)13-7-8/h1,4-5,7H,3,6H2,(H,12,14)(H,15,16). The molecule has 0 fully saturated rings. The third-order valence-corrected chi connectivity index (χ3v) is 1.80. The van der Waals surface area contributed by atoms with E-state index in [9.17, 15) is 9.59 Å². The van der Waals surface area contributed by atoms with Gasteiger partial charge >= 0.3 is 5.97 Å². The minimum absolute atomic E-state index is 0.0971. The number of pyridine rings is 1. The average Bonchev–Trinajstić information content (AvgIpc) is 2.29. The van der Waals surface area contributed by atoms with Gasteiger partial charge in [0.1, 0.15) is 5.69 Å².